The predicted molar refractivity (Wildman–Crippen MR) is 80.7 cm³/mol. The molecule has 3 nitrogen and oxygen atoms in total. The molecule has 3 heterocycles. The van der Waals surface area contributed by atoms with Gasteiger partial charge in [-0.3, -0.25) is 4.98 Å². The van der Waals surface area contributed by atoms with Gasteiger partial charge < -0.3 is 4.40 Å². The molecule has 96 valence electrons. The number of fused-ring (bicyclic) bond motifs is 3. The standard InChI is InChI=1S/C17H13N3/c1-12-6-7-15-14(10-12)19-17(13-4-2-8-18-11-13)16-5-3-9-20(15)16/h2-11H,1H3. The first-order chi connectivity index (χ1) is 9.83. The monoisotopic (exact) mass is 259 g/mol. The van der Waals surface area contributed by atoms with Gasteiger partial charge in [-0.1, -0.05) is 6.07 Å². The minimum Gasteiger partial charge on any atom is -0.313 e. The van der Waals surface area contributed by atoms with E-state index < -0.39 is 0 Å². The van der Waals surface area contributed by atoms with Gasteiger partial charge in [0.25, 0.3) is 0 Å². The Hall–Kier alpha value is -2.68. The van der Waals surface area contributed by atoms with Crippen molar-refractivity contribution >= 4 is 16.6 Å². The molecule has 4 aromatic rings. The fourth-order valence-corrected chi connectivity index (χ4v) is 2.60. The summed E-state index contributed by atoms with van der Waals surface area (Å²) in [7, 11) is 0. The zero-order chi connectivity index (χ0) is 13.5. The Balaban J connectivity index is 2.16. The first-order valence-corrected chi connectivity index (χ1v) is 6.61. The molecule has 3 heteroatoms. The summed E-state index contributed by atoms with van der Waals surface area (Å²) in [5.74, 6) is 0. The maximum Gasteiger partial charge on any atom is 0.0965 e. The summed E-state index contributed by atoms with van der Waals surface area (Å²) in [4.78, 5) is 9.05. The van der Waals surface area contributed by atoms with Crippen LogP contribution in [0.15, 0.2) is 61.1 Å². The average Bonchev–Trinajstić information content (AvgIpc) is 2.96. The van der Waals surface area contributed by atoms with Crippen LogP contribution in [0.4, 0.5) is 0 Å². The highest BCUT2D eigenvalue weighted by Gasteiger charge is 2.09. The molecular formula is C17H13N3. The van der Waals surface area contributed by atoms with Crippen LogP contribution < -0.4 is 0 Å². The third-order valence-corrected chi connectivity index (χ3v) is 3.55. The van der Waals surface area contributed by atoms with Gasteiger partial charge >= 0.3 is 0 Å². The average molecular weight is 259 g/mol. The lowest BCUT2D eigenvalue weighted by atomic mass is 10.1. The molecule has 0 bridgehead atoms. The molecule has 3 aromatic heterocycles. The number of aryl methyl sites for hydroxylation is 1. The molecule has 0 aliphatic heterocycles. The normalized spacial score (nSPS) is 11.2. The SMILES string of the molecule is Cc1ccc2c(c1)nc(-c1cccnc1)c1cccn12. The van der Waals surface area contributed by atoms with E-state index in [0.29, 0.717) is 0 Å². The predicted octanol–water partition coefficient (Wildman–Crippen LogP) is 3.86. The zero-order valence-electron chi connectivity index (χ0n) is 11.1. The minimum absolute atomic E-state index is 0.973. The van der Waals surface area contributed by atoms with E-state index >= 15 is 0 Å². The van der Waals surface area contributed by atoms with Crippen LogP contribution in [-0.2, 0) is 0 Å². The van der Waals surface area contributed by atoms with Gasteiger partial charge in [0.1, 0.15) is 0 Å². The molecule has 4 rings (SSSR count). The number of hydrogen-bond donors (Lipinski definition) is 0. The maximum atomic E-state index is 4.85. The van der Waals surface area contributed by atoms with Crippen LogP contribution in [0.3, 0.4) is 0 Å². The largest absolute Gasteiger partial charge is 0.313 e. The summed E-state index contributed by atoms with van der Waals surface area (Å²) in [6.45, 7) is 2.09. The van der Waals surface area contributed by atoms with Crippen molar-refractivity contribution in [1.29, 1.82) is 0 Å². The van der Waals surface area contributed by atoms with Crippen molar-refractivity contribution in [1.82, 2.24) is 14.4 Å². The Labute approximate surface area is 116 Å². The van der Waals surface area contributed by atoms with E-state index in [1.165, 1.54) is 5.56 Å². The van der Waals surface area contributed by atoms with Gasteiger partial charge in [0.05, 0.1) is 22.2 Å². The van der Waals surface area contributed by atoms with E-state index in [-0.39, 0.29) is 0 Å². The molecule has 0 amide bonds. The number of aromatic nitrogens is 3. The van der Waals surface area contributed by atoms with Crippen molar-refractivity contribution in [2.24, 2.45) is 0 Å². The Bertz CT molecular complexity index is 907. The van der Waals surface area contributed by atoms with E-state index in [1.54, 1.807) is 6.20 Å². The first kappa shape index (κ1) is 11.2. The molecule has 0 N–H and O–H groups in total. The van der Waals surface area contributed by atoms with E-state index in [9.17, 15) is 0 Å². The molecule has 0 aliphatic carbocycles. The molecule has 0 saturated carbocycles. The fourth-order valence-electron chi connectivity index (χ4n) is 2.60. The lowest BCUT2D eigenvalue weighted by molar-refractivity contribution is 1.22. The van der Waals surface area contributed by atoms with Gasteiger partial charge in [0.2, 0.25) is 0 Å². The number of hydrogen-bond acceptors (Lipinski definition) is 2. The van der Waals surface area contributed by atoms with Crippen LogP contribution in [0.1, 0.15) is 5.56 Å². The number of rotatable bonds is 1. The number of nitrogens with zero attached hydrogens (tertiary/aromatic N) is 3. The quantitative estimate of drug-likeness (QED) is 0.519. The van der Waals surface area contributed by atoms with Crippen molar-refractivity contribution in [3.05, 3.63) is 66.6 Å². The lowest BCUT2D eigenvalue weighted by Crippen LogP contribution is -1.95. The van der Waals surface area contributed by atoms with Crippen LogP contribution in [0, 0.1) is 6.92 Å². The highest BCUT2D eigenvalue weighted by molar-refractivity contribution is 5.87. The van der Waals surface area contributed by atoms with Gasteiger partial charge in [-0.2, -0.15) is 0 Å². The highest BCUT2D eigenvalue weighted by Crippen LogP contribution is 2.26. The third-order valence-electron chi connectivity index (χ3n) is 3.55. The lowest BCUT2D eigenvalue weighted by Gasteiger charge is -2.09. The van der Waals surface area contributed by atoms with Gasteiger partial charge in [-0.15, -0.1) is 0 Å². The second kappa shape index (κ2) is 4.17. The van der Waals surface area contributed by atoms with Crippen LogP contribution >= 0.6 is 0 Å². The summed E-state index contributed by atoms with van der Waals surface area (Å²) in [6, 6.07) is 14.5. The van der Waals surface area contributed by atoms with Gasteiger partial charge in [0.15, 0.2) is 0 Å². The molecule has 0 fully saturated rings. The van der Waals surface area contributed by atoms with Gasteiger partial charge in [0, 0.05) is 24.2 Å². The zero-order valence-corrected chi connectivity index (χ0v) is 11.1. The molecule has 0 aliphatic rings. The smallest absolute Gasteiger partial charge is 0.0965 e. The summed E-state index contributed by atoms with van der Waals surface area (Å²) in [5.41, 5.74) is 6.47. The maximum absolute atomic E-state index is 4.85. The molecule has 0 atom stereocenters. The Morgan fingerprint density at radius 3 is 2.80 bits per heavy atom. The van der Waals surface area contributed by atoms with Crippen molar-refractivity contribution in [3.63, 3.8) is 0 Å². The van der Waals surface area contributed by atoms with Crippen molar-refractivity contribution in [2.75, 3.05) is 0 Å². The molecule has 20 heavy (non-hydrogen) atoms. The van der Waals surface area contributed by atoms with Crippen molar-refractivity contribution in [3.8, 4) is 11.3 Å². The minimum atomic E-state index is 0.973. The van der Waals surface area contributed by atoms with E-state index in [2.05, 4.69) is 52.8 Å². The van der Waals surface area contributed by atoms with E-state index in [0.717, 1.165) is 27.8 Å². The summed E-state index contributed by atoms with van der Waals surface area (Å²) in [5, 5.41) is 0. The highest BCUT2D eigenvalue weighted by atomic mass is 14.9. The second-order valence-electron chi connectivity index (χ2n) is 4.96. The topological polar surface area (TPSA) is 30.2 Å². The summed E-state index contributed by atoms with van der Waals surface area (Å²) < 4.78 is 2.18. The molecule has 0 radical (unpaired) electrons. The fraction of sp³-hybridized carbons (Fsp3) is 0.0588. The summed E-state index contributed by atoms with van der Waals surface area (Å²) in [6.07, 6.45) is 5.72. The third kappa shape index (κ3) is 1.60. The Morgan fingerprint density at radius 1 is 1.00 bits per heavy atom. The molecule has 0 saturated heterocycles. The van der Waals surface area contributed by atoms with Crippen LogP contribution in [0.5, 0.6) is 0 Å². The Morgan fingerprint density at radius 2 is 1.95 bits per heavy atom. The van der Waals surface area contributed by atoms with Gasteiger partial charge in [-0.05, 0) is 48.9 Å². The molecular weight excluding hydrogens is 246 g/mol. The summed E-state index contributed by atoms with van der Waals surface area (Å²) >= 11 is 0. The second-order valence-corrected chi connectivity index (χ2v) is 4.96. The first-order valence-electron chi connectivity index (χ1n) is 6.61. The molecule has 0 spiro atoms. The van der Waals surface area contributed by atoms with Crippen LogP contribution in [-0.4, -0.2) is 14.4 Å². The van der Waals surface area contributed by atoms with E-state index in [4.69, 9.17) is 4.98 Å². The molecule has 1 aromatic carbocycles. The number of pyridine rings is 1. The van der Waals surface area contributed by atoms with E-state index in [1.807, 2.05) is 18.3 Å². The van der Waals surface area contributed by atoms with Crippen LogP contribution in [0.25, 0.3) is 27.8 Å². The van der Waals surface area contributed by atoms with Gasteiger partial charge in [-0.25, -0.2) is 4.98 Å². The molecule has 0 unspecified atom stereocenters. The van der Waals surface area contributed by atoms with Crippen molar-refractivity contribution < 1.29 is 0 Å². The number of benzene rings is 1. The Kier molecular flexibility index (Phi) is 2.33. The van der Waals surface area contributed by atoms with Crippen LogP contribution in [0.2, 0.25) is 0 Å². The van der Waals surface area contributed by atoms with Crippen molar-refractivity contribution in [2.45, 2.75) is 6.92 Å².